The van der Waals surface area contributed by atoms with Crippen LogP contribution in [0, 0.1) is 17.0 Å². The Bertz CT molecular complexity index is 1370. The minimum atomic E-state index is -0.902. The van der Waals surface area contributed by atoms with Crippen molar-refractivity contribution >= 4 is 28.8 Å². The molecular formula is C25H25N5O6. The second kappa shape index (κ2) is 9.51. The number of amides is 1. The number of aliphatic hydroxyl groups excluding tert-OH is 1. The number of morpholine rings is 1. The largest absolute Gasteiger partial charge is 0.505 e. The van der Waals surface area contributed by atoms with Gasteiger partial charge in [0.25, 0.3) is 17.4 Å². The van der Waals surface area contributed by atoms with E-state index in [1.165, 1.54) is 29.2 Å². The van der Waals surface area contributed by atoms with Gasteiger partial charge in [0.15, 0.2) is 5.76 Å². The standard InChI is InChI=1S/C25H25N5O6/c1-16-21(28-9-3-2-4-19(28)26-16)23(31)20-22(17-5-7-18(8-6-17)30(34)35)29(25(33)24(20)32)11-10-27-12-14-36-15-13-27/h2-9,22,31H,10-15H2,1H3/b23-20+/t22-/m1/s1. The fourth-order valence-corrected chi connectivity index (χ4v) is 4.84. The molecule has 1 amide bonds. The van der Waals surface area contributed by atoms with E-state index in [9.17, 15) is 24.8 Å². The fraction of sp³-hybridized carbons (Fsp3) is 0.320. The molecule has 2 aliphatic heterocycles. The number of imidazole rings is 1. The quantitative estimate of drug-likeness (QED) is 0.183. The number of nitro benzene ring substituents is 1. The lowest BCUT2D eigenvalue weighted by Gasteiger charge is -2.31. The summed E-state index contributed by atoms with van der Waals surface area (Å²) < 4.78 is 7.05. The van der Waals surface area contributed by atoms with Crippen LogP contribution < -0.4 is 0 Å². The van der Waals surface area contributed by atoms with Gasteiger partial charge in [0.2, 0.25) is 0 Å². The summed E-state index contributed by atoms with van der Waals surface area (Å²) in [6, 6.07) is 10.2. The molecule has 1 N–H and O–H groups in total. The maximum atomic E-state index is 13.3. The van der Waals surface area contributed by atoms with E-state index in [1.54, 1.807) is 29.7 Å². The number of carbonyl (C=O) groups excluding carboxylic acids is 2. The topological polar surface area (TPSA) is 131 Å². The highest BCUT2D eigenvalue weighted by Crippen LogP contribution is 2.40. The lowest BCUT2D eigenvalue weighted by atomic mass is 9.96. The molecule has 2 aliphatic rings. The van der Waals surface area contributed by atoms with Crippen molar-refractivity contribution in [3.05, 3.63) is 81.3 Å². The fourth-order valence-electron chi connectivity index (χ4n) is 4.84. The highest BCUT2D eigenvalue weighted by molar-refractivity contribution is 6.46. The smallest absolute Gasteiger partial charge is 0.295 e. The Morgan fingerprint density at radius 1 is 1.14 bits per heavy atom. The molecule has 2 aromatic heterocycles. The minimum Gasteiger partial charge on any atom is -0.505 e. The zero-order chi connectivity index (χ0) is 25.4. The van der Waals surface area contributed by atoms with E-state index in [4.69, 9.17) is 4.74 Å². The number of pyridine rings is 1. The Morgan fingerprint density at radius 2 is 1.86 bits per heavy atom. The Balaban J connectivity index is 1.61. The molecule has 0 spiro atoms. The third-order valence-electron chi connectivity index (χ3n) is 6.65. The molecule has 0 unspecified atom stereocenters. The van der Waals surface area contributed by atoms with Crippen molar-refractivity contribution in [1.82, 2.24) is 19.2 Å². The highest BCUT2D eigenvalue weighted by atomic mass is 16.6. The minimum absolute atomic E-state index is 0.0652. The predicted molar refractivity (Wildman–Crippen MR) is 129 cm³/mol. The van der Waals surface area contributed by atoms with Gasteiger partial charge in [0, 0.05) is 44.5 Å². The van der Waals surface area contributed by atoms with E-state index in [0.717, 1.165) is 0 Å². The zero-order valence-corrected chi connectivity index (χ0v) is 19.7. The Labute approximate surface area is 206 Å². The van der Waals surface area contributed by atoms with Crippen LogP contribution in [0.4, 0.5) is 5.69 Å². The highest BCUT2D eigenvalue weighted by Gasteiger charge is 2.46. The number of aromatic nitrogens is 2. The summed E-state index contributed by atoms with van der Waals surface area (Å²) in [6.07, 6.45) is 1.72. The molecule has 4 heterocycles. The molecule has 1 aromatic carbocycles. The van der Waals surface area contributed by atoms with Crippen molar-refractivity contribution in [3.8, 4) is 0 Å². The average molecular weight is 492 g/mol. The van der Waals surface area contributed by atoms with Crippen LogP contribution in [0.25, 0.3) is 11.4 Å². The summed E-state index contributed by atoms with van der Waals surface area (Å²) in [4.78, 5) is 45.3. The van der Waals surface area contributed by atoms with Gasteiger partial charge in [-0.05, 0) is 36.8 Å². The lowest BCUT2D eigenvalue weighted by Crippen LogP contribution is -2.42. The number of fused-ring (bicyclic) bond motifs is 1. The first-order valence-corrected chi connectivity index (χ1v) is 11.6. The molecule has 2 fully saturated rings. The van der Waals surface area contributed by atoms with Crippen LogP contribution in [-0.2, 0) is 14.3 Å². The van der Waals surface area contributed by atoms with E-state index < -0.39 is 22.7 Å². The maximum Gasteiger partial charge on any atom is 0.295 e. The molecule has 2 saturated heterocycles. The summed E-state index contributed by atoms with van der Waals surface area (Å²) in [5, 5.41) is 22.7. The van der Waals surface area contributed by atoms with Crippen LogP contribution in [0.2, 0.25) is 0 Å². The number of benzene rings is 1. The molecular weight excluding hydrogens is 466 g/mol. The van der Waals surface area contributed by atoms with Crippen molar-refractivity contribution in [2.75, 3.05) is 39.4 Å². The van der Waals surface area contributed by atoms with Crippen LogP contribution in [-0.4, -0.2) is 80.3 Å². The lowest BCUT2D eigenvalue weighted by molar-refractivity contribution is -0.384. The second-order valence-corrected chi connectivity index (χ2v) is 8.77. The van der Waals surface area contributed by atoms with Crippen molar-refractivity contribution < 1.29 is 24.4 Å². The maximum absolute atomic E-state index is 13.3. The van der Waals surface area contributed by atoms with Gasteiger partial charge < -0.3 is 14.7 Å². The molecule has 0 bridgehead atoms. The normalized spacial score (nSPS) is 20.4. The van der Waals surface area contributed by atoms with Gasteiger partial charge in [-0.2, -0.15) is 0 Å². The number of aliphatic hydroxyl groups is 1. The van der Waals surface area contributed by atoms with Crippen LogP contribution in [0.15, 0.2) is 54.2 Å². The number of rotatable bonds is 6. The summed E-state index contributed by atoms with van der Waals surface area (Å²) in [5.41, 5.74) is 1.73. The number of Topliss-reactive ketones (excluding diaryl/α,β-unsaturated/α-hetero) is 1. The van der Waals surface area contributed by atoms with Crippen molar-refractivity contribution in [3.63, 3.8) is 0 Å². The number of ether oxygens (including phenoxy) is 1. The number of nitrogens with zero attached hydrogens (tertiary/aromatic N) is 5. The third kappa shape index (κ3) is 4.12. The van der Waals surface area contributed by atoms with Crippen LogP contribution in [0.3, 0.4) is 0 Å². The summed E-state index contributed by atoms with van der Waals surface area (Å²) in [5.74, 6) is -1.86. The van der Waals surface area contributed by atoms with E-state index in [1.807, 2.05) is 6.07 Å². The van der Waals surface area contributed by atoms with Gasteiger partial charge in [0.1, 0.15) is 11.3 Å². The monoisotopic (exact) mass is 491 g/mol. The molecule has 0 saturated carbocycles. The van der Waals surface area contributed by atoms with Crippen molar-refractivity contribution in [2.24, 2.45) is 0 Å². The predicted octanol–water partition coefficient (Wildman–Crippen LogP) is 2.30. The summed E-state index contributed by atoms with van der Waals surface area (Å²) >= 11 is 0. The molecule has 3 aromatic rings. The molecule has 36 heavy (non-hydrogen) atoms. The van der Waals surface area contributed by atoms with E-state index in [0.29, 0.717) is 55.4 Å². The molecule has 5 rings (SSSR count). The number of non-ortho nitro benzene ring substituents is 1. The van der Waals surface area contributed by atoms with Gasteiger partial charge in [-0.25, -0.2) is 4.98 Å². The molecule has 186 valence electrons. The van der Waals surface area contributed by atoms with Crippen molar-refractivity contribution in [2.45, 2.75) is 13.0 Å². The number of aryl methyl sites for hydroxylation is 1. The number of nitro groups is 1. The molecule has 1 atom stereocenters. The first-order chi connectivity index (χ1) is 17.4. The van der Waals surface area contributed by atoms with Crippen LogP contribution >= 0.6 is 0 Å². The molecule has 11 nitrogen and oxygen atoms in total. The molecule has 0 radical (unpaired) electrons. The van der Waals surface area contributed by atoms with Gasteiger partial charge in [-0.3, -0.25) is 29.0 Å². The Morgan fingerprint density at radius 3 is 2.56 bits per heavy atom. The van der Waals surface area contributed by atoms with Gasteiger partial charge >= 0.3 is 0 Å². The zero-order valence-electron chi connectivity index (χ0n) is 19.7. The molecule has 11 heteroatoms. The number of hydrogen-bond acceptors (Lipinski definition) is 8. The summed E-state index contributed by atoms with van der Waals surface area (Å²) in [6.45, 7) is 5.11. The van der Waals surface area contributed by atoms with Crippen molar-refractivity contribution in [1.29, 1.82) is 0 Å². The van der Waals surface area contributed by atoms with E-state index in [2.05, 4.69) is 9.88 Å². The Hall–Kier alpha value is -4.09. The third-order valence-corrected chi connectivity index (χ3v) is 6.65. The van der Waals surface area contributed by atoms with E-state index in [-0.39, 0.29) is 23.6 Å². The first-order valence-electron chi connectivity index (χ1n) is 11.6. The first kappa shape index (κ1) is 23.6. The summed E-state index contributed by atoms with van der Waals surface area (Å²) in [7, 11) is 0. The van der Waals surface area contributed by atoms with Gasteiger partial charge in [0.05, 0.1) is 35.4 Å². The van der Waals surface area contributed by atoms with Gasteiger partial charge in [-0.1, -0.05) is 6.07 Å². The second-order valence-electron chi connectivity index (χ2n) is 8.77. The number of likely N-dealkylation sites (tertiary alicyclic amines) is 1. The van der Waals surface area contributed by atoms with Crippen LogP contribution in [0.1, 0.15) is 23.0 Å². The average Bonchev–Trinajstić information content (AvgIpc) is 3.35. The number of hydrogen-bond donors (Lipinski definition) is 1. The van der Waals surface area contributed by atoms with E-state index >= 15 is 0 Å². The SMILES string of the molecule is Cc1nc2ccccn2c1/C(O)=C1\C(=O)C(=O)N(CCN2CCOCC2)[C@@H]1c1ccc([N+](=O)[O-])cc1. The number of carbonyl (C=O) groups is 2. The number of ketones is 1. The van der Waals surface area contributed by atoms with Crippen LogP contribution in [0.5, 0.6) is 0 Å². The molecule has 0 aliphatic carbocycles. The van der Waals surface area contributed by atoms with Gasteiger partial charge in [-0.15, -0.1) is 0 Å². The Kier molecular flexibility index (Phi) is 6.25.